The number of sulfonamides is 1. The van der Waals surface area contributed by atoms with Gasteiger partial charge in [0, 0.05) is 11.4 Å². The highest BCUT2D eigenvalue weighted by Gasteiger charge is 2.31. The smallest absolute Gasteiger partial charge is 0.338 e. The van der Waals surface area contributed by atoms with Crippen LogP contribution in [0.15, 0.2) is 40.6 Å². The van der Waals surface area contributed by atoms with Gasteiger partial charge in [0.15, 0.2) is 6.61 Å². The first-order valence-corrected chi connectivity index (χ1v) is 11.3. The van der Waals surface area contributed by atoms with Gasteiger partial charge in [-0.25, -0.2) is 17.9 Å². The molecule has 1 fully saturated rings. The summed E-state index contributed by atoms with van der Waals surface area (Å²) >= 11 is 1.60. The highest BCUT2D eigenvalue weighted by atomic mass is 32.2. The standard InChI is InChI=1S/C19H22N2O6S2/c1-20-29(24,25)17-11-13(7-8-15(17)26-2)19(23)27-12-18(22)21-9-3-5-14(21)16-6-4-10-28-16/h4,6-8,10-11,14,20H,3,5,9,12H2,1-2H3. The first kappa shape index (κ1) is 21.3. The molecule has 1 aliphatic rings. The Morgan fingerprint density at radius 3 is 2.76 bits per heavy atom. The molecule has 3 rings (SSSR count). The summed E-state index contributed by atoms with van der Waals surface area (Å²) in [6.45, 7) is 0.215. The zero-order chi connectivity index (χ0) is 21.0. The molecule has 1 amide bonds. The Kier molecular flexibility index (Phi) is 6.56. The molecular weight excluding hydrogens is 416 g/mol. The second-order valence-corrected chi connectivity index (χ2v) is 9.24. The van der Waals surface area contributed by atoms with Gasteiger partial charge in [0.2, 0.25) is 10.0 Å². The molecule has 1 saturated heterocycles. The fourth-order valence-corrected chi connectivity index (χ4v) is 5.05. The SMILES string of the molecule is CNS(=O)(=O)c1cc(C(=O)OCC(=O)N2CCCC2c2cccs2)ccc1OC. The van der Waals surface area contributed by atoms with Crippen molar-refractivity contribution >= 4 is 33.2 Å². The summed E-state index contributed by atoms with van der Waals surface area (Å²) in [5.41, 5.74) is 0.0173. The quantitative estimate of drug-likeness (QED) is 0.665. The minimum absolute atomic E-state index is 0.00885. The molecule has 0 aliphatic carbocycles. The molecular formula is C19H22N2O6S2. The molecule has 1 atom stereocenters. The van der Waals surface area contributed by atoms with Gasteiger partial charge in [-0.2, -0.15) is 0 Å². The van der Waals surface area contributed by atoms with Gasteiger partial charge in [0.1, 0.15) is 10.6 Å². The van der Waals surface area contributed by atoms with E-state index in [0.717, 1.165) is 17.7 Å². The number of benzene rings is 1. The highest BCUT2D eigenvalue weighted by molar-refractivity contribution is 7.89. The molecule has 1 aromatic carbocycles. The van der Waals surface area contributed by atoms with Crippen LogP contribution in [-0.2, 0) is 19.6 Å². The minimum atomic E-state index is -3.83. The maximum absolute atomic E-state index is 12.6. The van der Waals surface area contributed by atoms with Crippen LogP contribution in [0, 0.1) is 0 Å². The van der Waals surface area contributed by atoms with E-state index in [-0.39, 0.29) is 28.2 Å². The van der Waals surface area contributed by atoms with Crippen LogP contribution in [0.3, 0.4) is 0 Å². The van der Waals surface area contributed by atoms with Crippen LogP contribution in [0.1, 0.15) is 34.1 Å². The lowest BCUT2D eigenvalue weighted by molar-refractivity contribution is -0.135. The van der Waals surface area contributed by atoms with Gasteiger partial charge in [-0.3, -0.25) is 4.79 Å². The van der Waals surface area contributed by atoms with Crippen molar-refractivity contribution in [3.63, 3.8) is 0 Å². The normalized spacial score (nSPS) is 16.6. The van der Waals surface area contributed by atoms with E-state index in [1.807, 2.05) is 17.5 Å². The third kappa shape index (κ3) is 4.60. The summed E-state index contributed by atoms with van der Waals surface area (Å²) < 4.78 is 36.7. The van der Waals surface area contributed by atoms with Crippen LogP contribution in [0.5, 0.6) is 5.75 Å². The first-order valence-electron chi connectivity index (χ1n) is 8.99. The predicted molar refractivity (Wildman–Crippen MR) is 108 cm³/mol. The Balaban J connectivity index is 1.69. The molecule has 1 aliphatic heterocycles. The summed E-state index contributed by atoms with van der Waals surface area (Å²) in [5, 5.41) is 1.97. The van der Waals surface area contributed by atoms with Gasteiger partial charge in [-0.15, -0.1) is 11.3 Å². The molecule has 0 spiro atoms. The van der Waals surface area contributed by atoms with E-state index >= 15 is 0 Å². The third-order valence-electron chi connectivity index (χ3n) is 4.73. The predicted octanol–water partition coefficient (Wildman–Crippen LogP) is 2.19. The Hall–Kier alpha value is -2.43. The average molecular weight is 439 g/mol. The molecule has 1 unspecified atom stereocenters. The van der Waals surface area contributed by atoms with E-state index in [4.69, 9.17) is 9.47 Å². The minimum Gasteiger partial charge on any atom is -0.495 e. The van der Waals surface area contributed by atoms with Gasteiger partial charge < -0.3 is 14.4 Å². The van der Waals surface area contributed by atoms with Crippen LogP contribution in [0.4, 0.5) is 0 Å². The number of methoxy groups -OCH3 is 1. The molecule has 1 aromatic heterocycles. The molecule has 0 saturated carbocycles. The Morgan fingerprint density at radius 2 is 2.10 bits per heavy atom. The Morgan fingerprint density at radius 1 is 1.31 bits per heavy atom. The largest absolute Gasteiger partial charge is 0.495 e. The fraction of sp³-hybridized carbons (Fsp3) is 0.368. The van der Waals surface area contributed by atoms with Crippen molar-refractivity contribution in [2.24, 2.45) is 0 Å². The lowest BCUT2D eigenvalue weighted by atomic mass is 10.2. The fourth-order valence-electron chi connectivity index (χ4n) is 3.26. The molecule has 2 aromatic rings. The van der Waals surface area contributed by atoms with Crippen LogP contribution < -0.4 is 9.46 Å². The number of hydrogen-bond acceptors (Lipinski definition) is 7. The van der Waals surface area contributed by atoms with Crippen molar-refractivity contribution in [1.29, 1.82) is 0 Å². The number of carbonyl (C=O) groups excluding carboxylic acids is 2. The molecule has 156 valence electrons. The highest BCUT2D eigenvalue weighted by Crippen LogP contribution is 2.34. The van der Waals surface area contributed by atoms with Crippen molar-refractivity contribution < 1.29 is 27.5 Å². The first-order chi connectivity index (χ1) is 13.9. The van der Waals surface area contributed by atoms with E-state index in [0.29, 0.717) is 6.54 Å². The summed E-state index contributed by atoms with van der Waals surface area (Å²) in [6.07, 6.45) is 1.77. The molecule has 8 nitrogen and oxygen atoms in total. The van der Waals surface area contributed by atoms with E-state index in [9.17, 15) is 18.0 Å². The number of nitrogens with one attached hydrogen (secondary N) is 1. The molecule has 1 N–H and O–H groups in total. The van der Waals surface area contributed by atoms with E-state index in [2.05, 4.69) is 4.72 Å². The number of amides is 1. The van der Waals surface area contributed by atoms with Gasteiger partial charge >= 0.3 is 5.97 Å². The maximum Gasteiger partial charge on any atom is 0.338 e. The van der Waals surface area contributed by atoms with Gasteiger partial charge in [0.05, 0.1) is 18.7 Å². The summed E-state index contributed by atoms with van der Waals surface area (Å²) in [6, 6.07) is 7.88. The van der Waals surface area contributed by atoms with Crippen molar-refractivity contribution in [3.05, 3.63) is 46.2 Å². The lowest BCUT2D eigenvalue weighted by Crippen LogP contribution is -2.34. The third-order valence-corrected chi connectivity index (χ3v) is 7.14. The molecule has 29 heavy (non-hydrogen) atoms. The number of rotatable bonds is 7. The Bertz CT molecular complexity index is 988. The zero-order valence-electron chi connectivity index (χ0n) is 16.1. The number of thiophene rings is 1. The summed E-state index contributed by atoms with van der Waals surface area (Å²) in [7, 11) is -1.23. The second-order valence-electron chi connectivity index (χ2n) is 6.41. The van der Waals surface area contributed by atoms with E-state index in [1.54, 1.807) is 16.2 Å². The lowest BCUT2D eigenvalue weighted by Gasteiger charge is -2.23. The maximum atomic E-state index is 12.6. The van der Waals surface area contributed by atoms with Crippen LogP contribution in [-0.4, -0.2) is 52.5 Å². The van der Waals surface area contributed by atoms with Gasteiger partial charge in [-0.05, 0) is 49.5 Å². The summed E-state index contributed by atoms with van der Waals surface area (Å²) in [4.78, 5) is 27.6. The van der Waals surface area contributed by atoms with Gasteiger partial charge in [-0.1, -0.05) is 6.07 Å². The molecule has 0 radical (unpaired) electrons. The van der Waals surface area contributed by atoms with Crippen LogP contribution >= 0.6 is 11.3 Å². The van der Waals surface area contributed by atoms with Crippen molar-refractivity contribution in [1.82, 2.24) is 9.62 Å². The number of likely N-dealkylation sites (tertiary alicyclic amines) is 1. The number of esters is 1. The van der Waals surface area contributed by atoms with E-state index in [1.165, 1.54) is 32.4 Å². The molecule has 2 heterocycles. The number of ether oxygens (including phenoxy) is 2. The van der Waals surface area contributed by atoms with E-state index < -0.39 is 22.6 Å². The average Bonchev–Trinajstić information content (AvgIpc) is 3.42. The van der Waals surface area contributed by atoms with Crippen molar-refractivity contribution in [3.8, 4) is 5.75 Å². The van der Waals surface area contributed by atoms with Crippen LogP contribution in [0.2, 0.25) is 0 Å². The molecule has 10 heteroatoms. The monoisotopic (exact) mass is 438 g/mol. The summed E-state index contributed by atoms with van der Waals surface area (Å²) in [5.74, 6) is -0.950. The second kappa shape index (κ2) is 8.93. The zero-order valence-corrected chi connectivity index (χ0v) is 17.7. The van der Waals surface area contributed by atoms with Crippen LogP contribution in [0.25, 0.3) is 0 Å². The number of hydrogen-bond donors (Lipinski definition) is 1. The Labute approximate surface area is 173 Å². The number of nitrogens with zero attached hydrogens (tertiary/aromatic N) is 1. The van der Waals surface area contributed by atoms with Gasteiger partial charge in [0.25, 0.3) is 5.91 Å². The number of carbonyl (C=O) groups is 2. The van der Waals surface area contributed by atoms with Crippen molar-refractivity contribution in [2.75, 3.05) is 27.3 Å². The topological polar surface area (TPSA) is 102 Å². The molecule has 0 bridgehead atoms. The van der Waals surface area contributed by atoms with Crippen molar-refractivity contribution in [2.45, 2.75) is 23.8 Å².